The Morgan fingerprint density at radius 2 is 2.24 bits per heavy atom. The average Bonchev–Trinajstić information content (AvgIpc) is 2.25. The van der Waals surface area contributed by atoms with Crippen molar-refractivity contribution in [2.45, 2.75) is 5.75 Å². The fourth-order valence-corrected chi connectivity index (χ4v) is 3.54. The number of anilines is 1. The molecule has 0 fully saturated rings. The van der Waals surface area contributed by atoms with Crippen LogP contribution in [-0.4, -0.2) is 31.2 Å². The van der Waals surface area contributed by atoms with Gasteiger partial charge in [-0.2, -0.15) is 11.8 Å². The number of rotatable bonds is 6. The molecule has 0 aliphatic rings. The molecule has 17 heavy (non-hydrogen) atoms. The van der Waals surface area contributed by atoms with Gasteiger partial charge in [0.05, 0.1) is 16.5 Å². The summed E-state index contributed by atoms with van der Waals surface area (Å²) in [6, 6.07) is 3.38. The van der Waals surface area contributed by atoms with E-state index in [1.54, 1.807) is 12.1 Å². The third kappa shape index (κ3) is 5.58. The van der Waals surface area contributed by atoms with Crippen LogP contribution in [0, 0.1) is 0 Å². The van der Waals surface area contributed by atoms with Crippen LogP contribution in [0.3, 0.4) is 0 Å². The molecule has 1 heterocycles. The summed E-state index contributed by atoms with van der Waals surface area (Å²) in [5.74, 6) is 7.02. The lowest BCUT2D eigenvalue weighted by molar-refractivity contribution is 0.603. The number of nitrogens with two attached hydrogens (primary N) is 1. The molecule has 3 N–H and O–H groups in total. The minimum Gasteiger partial charge on any atom is -0.308 e. The van der Waals surface area contributed by atoms with Crippen molar-refractivity contribution in [3.05, 3.63) is 22.8 Å². The van der Waals surface area contributed by atoms with Crippen molar-refractivity contribution < 1.29 is 8.42 Å². The predicted molar refractivity (Wildman–Crippen MR) is 72.9 cm³/mol. The van der Waals surface area contributed by atoms with Gasteiger partial charge in [0.1, 0.15) is 15.7 Å². The molecule has 0 spiro atoms. The first-order chi connectivity index (χ1) is 7.92. The van der Waals surface area contributed by atoms with Gasteiger partial charge >= 0.3 is 0 Å². The number of nitrogen functional groups attached to an aromatic ring is 1. The van der Waals surface area contributed by atoms with Crippen molar-refractivity contribution in [1.29, 1.82) is 0 Å². The molecule has 0 saturated heterocycles. The minimum absolute atomic E-state index is 0.157. The molecule has 8 heteroatoms. The molecule has 0 aromatic carbocycles. The highest BCUT2D eigenvalue weighted by Gasteiger charge is 2.06. The summed E-state index contributed by atoms with van der Waals surface area (Å²) in [6.45, 7) is 0. The van der Waals surface area contributed by atoms with Crippen molar-refractivity contribution in [3.63, 3.8) is 0 Å². The number of thioether (sulfide) groups is 1. The summed E-state index contributed by atoms with van der Waals surface area (Å²) < 4.78 is 21.9. The summed E-state index contributed by atoms with van der Waals surface area (Å²) in [4.78, 5) is 4.19. The maximum Gasteiger partial charge on any atom is 0.148 e. The number of halogens is 1. The van der Waals surface area contributed by atoms with Gasteiger partial charge < -0.3 is 5.43 Å². The van der Waals surface area contributed by atoms with Crippen molar-refractivity contribution in [1.82, 2.24) is 4.98 Å². The van der Waals surface area contributed by atoms with E-state index < -0.39 is 9.84 Å². The van der Waals surface area contributed by atoms with Gasteiger partial charge in [-0.05, 0) is 12.1 Å². The lowest BCUT2D eigenvalue weighted by Crippen LogP contribution is -2.09. The van der Waals surface area contributed by atoms with Crippen molar-refractivity contribution >= 4 is 39.0 Å². The first kappa shape index (κ1) is 14.6. The molecular formula is C9H14ClN3O2S2. The van der Waals surface area contributed by atoms with Crippen LogP contribution in [0.25, 0.3) is 0 Å². The Labute approximate surface area is 110 Å². The van der Waals surface area contributed by atoms with Gasteiger partial charge in [0.15, 0.2) is 0 Å². The Balaban J connectivity index is 2.51. The normalized spacial score (nSPS) is 11.5. The molecule has 5 nitrogen and oxygen atoms in total. The highest BCUT2D eigenvalue weighted by molar-refractivity contribution is 7.99. The molecule has 0 aliphatic heterocycles. The van der Waals surface area contributed by atoms with Crippen LogP contribution < -0.4 is 11.3 Å². The molecule has 0 amide bonds. The fraction of sp³-hybridized carbons (Fsp3) is 0.444. The highest BCUT2D eigenvalue weighted by Crippen LogP contribution is 2.21. The van der Waals surface area contributed by atoms with E-state index in [0.29, 0.717) is 28.0 Å². The summed E-state index contributed by atoms with van der Waals surface area (Å²) in [5.41, 5.74) is 3.13. The van der Waals surface area contributed by atoms with Crippen molar-refractivity contribution in [3.8, 4) is 0 Å². The van der Waals surface area contributed by atoms with Crippen LogP contribution in [0.15, 0.2) is 12.1 Å². The predicted octanol–water partition coefficient (Wildman–Crippen LogP) is 1.30. The zero-order valence-electron chi connectivity index (χ0n) is 9.31. The Morgan fingerprint density at radius 1 is 1.53 bits per heavy atom. The Hall–Kier alpha value is -0.500. The van der Waals surface area contributed by atoms with E-state index in [1.165, 1.54) is 18.0 Å². The van der Waals surface area contributed by atoms with Crippen LogP contribution in [0.2, 0.25) is 5.02 Å². The van der Waals surface area contributed by atoms with Crippen molar-refractivity contribution in [2.24, 2.45) is 5.84 Å². The first-order valence-corrected chi connectivity index (χ1v) is 8.39. The van der Waals surface area contributed by atoms with E-state index in [-0.39, 0.29) is 5.75 Å². The van der Waals surface area contributed by atoms with Gasteiger partial charge in [0.2, 0.25) is 0 Å². The molecular weight excluding hydrogens is 282 g/mol. The number of nitrogens with one attached hydrogen (secondary N) is 1. The summed E-state index contributed by atoms with van der Waals surface area (Å²) in [5, 5.41) is 0.552. The second-order valence-electron chi connectivity index (χ2n) is 3.45. The number of hydrogen-bond acceptors (Lipinski definition) is 6. The van der Waals surface area contributed by atoms with Gasteiger partial charge in [-0.1, -0.05) is 11.6 Å². The third-order valence-corrected chi connectivity index (χ3v) is 4.42. The van der Waals surface area contributed by atoms with E-state index in [0.717, 1.165) is 0 Å². The maximum absolute atomic E-state index is 10.9. The van der Waals surface area contributed by atoms with E-state index in [1.807, 2.05) is 0 Å². The topological polar surface area (TPSA) is 85.1 Å². The molecule has 0 radical (unpaired) electrons. The SMILES string of the molecule is CS(=O)(=O)CCSCc1nc(NN)ccc1Cl. The Kier molecular flexibility index (Phi) is 5.51. The van der Waals surface area contributed by atoms with E-state index in [9.17, 15) is 8.42 Å². The second-order valence-corrected chi connectivity index (χ2v) is 7.22. The summed E-state index contributed by atoms with van der Waals surface area (Å²) >= 11 is 7.43. The Bertz CT molecular complexity index is 479. The molecule has 0 atom stereocenters. The highest BCUT2D eigenvalue weighted by atomic mass is 35.5. The third-order valence-electron chi connectivity index (χ3n) is 1.90. The fourth-order valence-electron chi connectivity index (χ4n) is 1.05. The smallest absolute Gasteiger partial charge is 0.148 e. The number of pyridine rings is 1. The number of hydrazine groups is 1. The van der Waals surface area contributed by atoms with Gasteiger partial charge in [-0.25, -0.2) is 19.2 Å². The zero-order chi connectivity index (χ0) is 12.9. The van der Waals surface area contributed by atoms with Crippen LogP contribution in [0.5, 0.6) is 0 Å². The number of hydrogen-bond donors (Lipinski definition) is 2. The van der Waals surface area contributed by atoms with E-state index in [4.69, 9.17) is 17.4 Å². The number of sulfone groups is 1. The molecule has 0 saturated carbocycles. The quantitative estimate of drug-likeness (QED) is 0.467. The molecule has 0 aliphatic carbocycles. The molecule has 0 bridgehead atoms. The van der Waals surface area contributed by atoms with Gasteiger partial charge in [-0.15, -0.1) is 0 Å². The average molecular weight is 296 g/mol. The summed E-state index contributed by atoms with van der Waals surface area (Å²) in [6.07, 6.45) is 1.22. The molecule has 96 valence electrons. The number of aromatic nitrogens is 1. The molecule has 1 rings (SSSR count). The van der Waals surface area contributed by atoms with Crippen LogP contribution >= 0.6 is 23.4 Å². The van der Waals surface area contributed by atoms with Gasteiger partial charge in [0.25, 0.3) is 0 Å². The van der Waals surface area contributed by atoms with Crippen molar-refractivity contribution in [2.75, 3.05) is 23.2 Å². The lowest BCUT2D eigenvalue weighted by Gasteiger charge is -2.06. The standard InChI is InChI=1S/C9H14ClN3O2S2/c1-17(14,15)5-4-16-6-8-7(10)2-3-9(12-8)13-11/h2-3H,4-6,11H2,1H3,(H,12,13). The van der Waals surface area contributed by atoms with Gasteiger partial charge in [-0.3, -0.25) is 0 Å². The zero-order valence-corrected chi connectivity index (χ0v) is 11.7. The largest absolute Gasteiger partial charge is 0.308 e. The van der Waals surface area contributed by atoms with Crippen LogP contribution in [0.1, 0.15) is 5.69 Å². The second kappa shape index (κ2) is 6.44. The lowest BCUT2D eigenvalue weighted by atomic mass is 10.4. The Morgan fingerprint density at radius 3 is 2.82 bits per heavy atom. The summed E-state index contributed by atoms with van der Waals surface area (Å²) in [7, 11) is -2.91. The van der Waals surface area contributed by atoms with Crippen LogP contribution in [0.4, 0.5) is 5.82 Å². The minimum atomic E-state index is -2.91. The molecule has 0 unspecified atom stereocenters. The van der Waals surface area contributed by atoms with Gasteiger partial charge in [0, 0.05) is 17.8 Å². The maximum atomic E-state index is 10.9. The molecule has 1 aromatic heterocycles. The molecule has 1 aromatic rings. The van der Waals surface area contributed by atoms with Crippen LogP contribution in [-0.2, 0) is 15.6 Å². The van der Waals surface area contributed by atoms with E-state index in [2.05, 4.69) is 10.4 Å². The monoisotopic (exact) mass is 295 g/mol. The van der Waals surface area contributed by atoms with E-state index >= 15 is 0 Å². The first-order valence-electron chi connectivity index (χ1n) is 4.80. The number of nitrogens with zero attached hydrogens (tertiary/aromatic N) is 1.